The van der Waals surface area contributed by atoms with E-state index >= 15 is 0 Å². The predicted molar refractivity (Wildman–Crippen MR) is 69.7 cm³/mol. The smallest absolute Gasteiger partial charge is 0.426 e. The fourth-order valence-electron chi connectivity index (χ4n) is 2.08. The molecule has 0 radical (unpaired) electrons. The number of cyclic esters (lactones) is 2. The summed E-state index contributed by atoms with van der Waals surface area (Å²) in [6.07, 6.45) is -1.08. The van der Waals surface area contributed by atoms with Gasteiger partial charge in [0.1, 0.15) is 6.10 Å². The number of benzene rings is 1. The third kappa shape index (κ3) is 2.42. The highest BCUT2D eigenvalue weighted by Gasteiger charge is 2.39. The van der Waals surface area contributed by atoms with E-state index in [0.717, 1.165) is 11.3 Å². The Labute approximate surface area is 107 Å². The van der Waals surface area contributed by atoms with Crippen LogP contribution in [0.5, 0.6) is 0 Å². The van der Waals surface area contributed by atoms with Gasteiger partial charge in [-0.3, -0.25) is 0 Å². The van der Waals surface area contributed by atoms with Gasteiger partial charge < -0.3 is 14.4 Å². The fraction of sp³-hybridized carbons (Fsp3) is 0.500. The lowest BCUT2D eigenvalue weighted by Crippen LogP contribution is -2.21. The van der Waals surface area contributed by atoms with Gasteiger partial charge in [-0.25, -0.2) is 4.79 Å². The number of carbonyl (C=O) groups is 1. The molecule has 0 unspecified atom stereocenters. The number of carbonyl (C=O) groups excluding carboxylic acids is 1. The second kappa shape index (κ2) is 4.88. The van der Waals surface area contributed by atoms with Crippen LogP contribution in [0.25, 0.3) is 0 Å². The Morgan fingerprint density at radius 2 is 1.72 bits per heavy atom. The molecular formula is C14H19NO3. The van der Waals surface area contributed by atoms with Crippen LogP contribution in [0, 0.1) is 5.92 Å². The Bertz CT molecular complexity index is 425. The van der Waals surface area contributed by atoms with Gasteiger partial charge in [0, 0.05) is 19.8 Å². The van der Waals surface area contributed by atoms with Crippen molar-refractivity contribution >= 4 is 11.8 Å². The van der Waals surface area contributed by atoms with Crippen LogP contribution < -0.4 is 4.90 Å². The van der Waals surface area contributed by atoms with Gasteiger partial charge in [-0.2, -0.15) is 0 Å². The van der Waals surface area contributed by atoms with Crippen molar-refractivity contribution < 1.29 is 14.3 Å². The maximum Gasteiger partial charge on any atom is 0.509 e. The van der Waals surface area contributed by atoms with Crippen LogP contribution in [0.3, 0.4) is 0 Å². The maximum absolute atomic E-state index is 11.3. The van der Waals surface area contributed by atoms with Crippen molar-refractivity contribution in [2.75, 3.05) is 19.0 Å². The van der Waals surface area contributed by atoms with E-state index in [1.165, 1.54) is 0 Å². The summed E-state index contributed by atoms with van der Waals surface area (Å²) in [4.78, 5) is 13.3. The fourth-order valence-corrected chi connectivity index (χ4v) is 2.08. The minimum Gasteiger partial charge on any atom is -0.426 e. The lowest BCUT2D eigenvalue weighted by molar-refractivity contribution is 0.102. The minimum atomic E-state index is -0.574. The molecule has 1 aliphatic heterocycles. The quantitative estimate of drug-likeness (QED) is 0.772. The molecule has 2 atom stereocenters. The summed E-state index contributed by atoms with van der Waals surface area (Å²) in [6.45, 7) is 4.04. The first-order valence-electron chi connectivity index (χ1n) is 6.13. The van der Waals surface area contributed by atoms with Gasteiger partial charge in [0.25, 0.3) is 0 Å². The van der Waals surface area contributed by atoms with Gasteiger partial charge in [0.05, 0.1) is 0 Å². The number of rotatable bonds is 3. The van der Waals surface area contributed by atoms with Crippen LogP contribution >= 0.6 is 0 Å². The zero-order chi connectivity index (χ0) is 13.3. The number of anilines is 1. The first-order chi connectivity index (χ1) is 8.49. The van der Waals surface area contributed by atoms with Crippen molar-refractivity contribution in [3.8, 4) is 0 Å². The first-order valence-corrected chi connectivity index (χ1v) is 6.13. The summed E-state index contributed by atoms with van der Waals surface area (Å²) in [5.74, 6) is 0.231. The van der Waals surface area contributed by atoms with Crippen LogP contribution in [-0.2, 0) is 9.47 Å². The van der Waals surface area contributed by atoms with Crippen molar-refractivity contribution in [2.24, 2.45) is 5.92 Å². The highest BCUT2D eigenvalue weighted by molar-refractivity contribution is 5.63. The second-order valence-electron chi connectivity index (χ2n) is 5.10. The van der Waals surface area contributed by atoms with E-state index in [0.29, 0.717) is 0 Å². The summed E-state index contributed by atoms with van der Waals surface area (Å²) in [7, 11) is 3.98. The van der Waals surface area contributed by atoms with E-state index in [1.54, 1.807) is 0 Å². The zero-order valence-corrected chi connectivity index (χ0v) is 11.2. The zero-order valence-electron chi connectivity index (χ0n) is 11.2. The highest BCUT2D eigenvalue weighted by Crippen LogP contribution is 2.34. The molecule has 1 aromatic carbocycles. The van der Waals surface area contributed by atoms with Gasteiger partial charge in [0.2, 0.25) is 0 Å². The molecule has 0 aromatic heterocycles. The number of ether oxygens (including phenoxy) is 2. The van der Waals surface area contributed by atoms with Gasteiger partial charge in [-0.05, 0) is 23.6 Å². The van der Waals surface area contributed by atoms with Gasteiger partial charge in [-0.15, -0.1) is 0 Å². The molecule has 18 heavy (non-hydrogen) atoms. The SMILES string of the molecule is CC(C)[C@@H]1OC(=O)O[C@H]1c1ccc(N(C)C)cc1. The maximum atomic E-state index is 11.3. The van der Waals surface area contributed by atoms with Crippen molar-refractivity contribution in [1.29, 1.82) is 0 Å². The number of hydrogen-bond donors (Lipinski definition) is 0. The number of hydrogen-bond acceptors (Lipinski definition) is 4. The molecule has 0 saturated carbocycles. The molecule has 1 fully saturated rings. The van der Waals surface area contributed by atoms with Gasteiger partial charge >= 0.3 is 6.16 Å². The van der Waals surface area contributed by atoms with Gasteiger partial charge in [-0.1, -0.05) is 26.0 Å². The largest absolute Gasteiger partial charge is 0.509 e. The normalized spacial score (nSPS) is 22.8. The molecule has 0 N–H and O–H groups in total. The average Bonchev–Trinajstić information content (AvgIpc) is 2.71. The lowest BCUT2D eigenvalue weighted by Gasteiger charge is -2.19. The molecule has 0 aliphatic carbocycles. The molecule has 0 spiro atoms. The van der Waals surface area contributed by atoms with Crippen molar-refractivity contribution in [2.45, 2.75) is 26.1 Å². The Balaban J connectivity index is 2.22. The highest BCUT2D eigenvalue weighted by atomic mass is 16.8. The Morgan fingerprint density at radius 1 is 1.11 bits per heavy atom. The third-order valence-corrected chi connectivity index (χ3v) is 3.15. The molecule has 1 aliphatic rings. The monoisotopic (exact) mass is 249 g/mol. The van der Waals surface area contributed by atoms with Crippen molar-refractivity contribution in [3.63, 3.8) is 0 Å². The molecule has 0 bridgehead atoms. The van der Waals surface area contributed by atoms with E-state index < -0.39 is 6.16 Å². The van der Waals surface area contributed by atoms with Gasteiger partial charge in [0.15, 0.2) is 6.10 Å². The predicted octanol–water partition coefficient (Wildman–Crippen LogP) is 2.99. The summed E-state index contributed by atoms with van der Waals surface area (Å²) in [5, 5.41) is 0. The summed E-state index contributed by atoms with van der Waals surface area (Å²) < 4.78 is 10.4. The summed E-state index contributed by atoms with van der Waals surface area (Å²) >= 11 is 0. The topological polar surface area (TPSA) is 38.8 Å². The summed E-state index contributed by atoms with van der Waals surface area (Å²) in [5.41, 5.74) is 2.09. The molecule has 2 rings (SSSR count). The average molecular weight is 249 g/mol. The number of nitrogens with zero attached hydrogens (tertiary/aromatic N) is 1. The standard InChI is InChI=1S/C14H19NO3/c1-9(2)12-13(18-14(16)17-12)10-5-7-11(8-6-10)15(3)4/h5-9,12-13H,1-4H3/t12-,13-/m0/s1. The molecule has 1 saturated heterocycles. The van der Waals surface area contributed by atoms with Crippen molar-refractivity contribution in [3.05, 3.63) is 29.8 Å². The molecule has 1 heterocycles. The Hall–Kier alpha value is -1.71. The van der Waals surface area contributed by atoms with Crippen LogP contribution in [0.4, 0.5) is 10.5 Å². The van der Waals surface area contributed by atoms with Crippen LogP contribution in [0.2, 0.25) is 0 Å². The molecule has 4 nitrogen and oxygen atoms in total. The Kier molecular flexibility index (Phi) is 3.45. The van der Waals surface area contributed by atoms with Crippen molar-refractivity contribution in [1.82, 2.24) is 0 Å². The van der Waals surface area contributed by atoms with E-state index in [-0.39, 0.29) is 18.1 Å². The third-order valence-electron chi connectivity index (χ3n) is 3.15. The van der Waals surface area contributed by atoms with Crippen LogP contribution in [-0.4, -0.2) is 26.4 Å². The van der Waals surface area contributed by atoms with E-state index in [9.17, 15) is 4.79 Å². The molecule has 0 amide bonds. The molecule has 4 heteroatoms. The van der Waals surface area contributed by atoms with Crippen LogP contribution in [0.1, 0.15) is 25.5 Å². The Morgan fingerprint density at radius 3 is 2.22 bits per heavy atom. The first kappa shape index (κ1) is 12.7. The van der Waals surface area contributed by atoms with Crippen LogP contribution in [0.15, 0.2) is 24.3 Å². The summed E-state index contributed by atoms with van der Waals surface area (Å²) in [6, 6.07) is 7.99. The van der Waals surface area contributed by atoms with E-state index in [2.05, 4.69) is 0 Å². The van der Waals surface area contributed by atoms with E-state index in [1.807, 2.05) is 57.1 Å². The molecule has 1 aromatic rings. The second-order valence-corrected chi connectivity index (χ2v) is 5.10. The molecule has 98 valence electrons. The van der Waals surface area contributed by atoms with E-state index in [4.69, 9.17) is 9.47 Å². The lowest BCUT2D eigenvalue weighted by atomic mass is 9.96. The minimum absolute atomic E-state index is 0.206. The molecular weight excluding hydrogens is 230 g/mol.